The molecule has 0 spiro atoms. The minimum Gasteiger partial charge on any atom is -0.469 e. The maximum atomic E-state index is 11.5. The third-order valence-electron chi connectivity index (χ3n) is 3.23. The Morgan fingerprint density at radius 2 is 2.33 bits per heavy atom. The van der Waals surface area contributed by atoms with Gasteiger partial charge >= 0.3 is 11.9 Å². The minimum absolute atomic E-state index is 0.0602. The highest BCUT2D eigenvalue weighted by atomic mass is 16.6. The number of esters is 2. The molecular formula is C11H14O4. The van der Waals surface area contributed by atoms with Crippen LogP contribution in [0.15, 0.2) is 12.2 Å². The molecule has 0 aromatic heterocycles. The molecule has 1 unspecified atom stereocenters. The zero-order chi connectivity index (χ0) is 11.0. The number of methoxy groups -OCH3 is 1. The van der Waals surface area contributed by atoms with Crippen molar-refractivity contribution >= 4 is 11.9 Å². The summed E-state index contributed by atoms with van der Waals surface area (Å²) in [6.07, 6.45) is 4.16. The Labute approximate surface area is 88.2 Å². The van der Waals surface area contributed by atoms with Crippen LogP contribution in [0.5, 0.6) is 0 Å². The van der Waals surface area contributed by atoms with Crippen molar-refractivity contribution in [2.24, 2.45) is 17.8 Å². The predicted molar refractivity (Wildman–Crippen MR) is 51.8 cm³/mol. The van der Waals surface area contributed by atoms with Crippen LogP contribution in [-0.4, -0.2) is 25.2 Å². The zero-order valence-electron chi connectivity index (χ0n) is 8.80. The average Bonchev–Trinajstić information content (AvgIpc) is 2.54. The van der Waals surface area contributed by atoms with Crippen LogP contribution in [0, 0.1) is 17.8 Å². The van der Waals surface area contributed by atoms with Crippen molar-refractivity contribution in [3.63, 3.8) is 0 Å². The first-order valence-electron chi connectivity index (χ1n) is 5.10. The third-order valence-corrected chi connectivity index (χ3v) is 3.23. The Balaban J connectivity index is 2.26. The van der Waals surface area contributed by atoms with Gasteiger partial charge in [-0.25, -0.2) is 0 Å². The molecular weight excluding hydrogens is 196 g/mol. The van der Waals surface area contributed by atoms with Gasteiger partial charge in [-0.2, -0.15) is 0 Å². The van der Waals surface area contributed by atoms with E-state index in [0.29, 0.717) is 6.42 Å². The molecule has 0 aromatic carbocycles. The Kier molecular flexibility index (Phi) is 2.50. The number of hydrogen-bond donors (Lipinski definition) is 0. The standard InChI is InChI=1S/C11H14O4/c1-6-9-7(10(12)14-2)4-3-5-8(9)11(13)15-6/h3-4,6-9H,5H2,1-2H3/t6-,7?,8-,9+/m0/s1. The fourth-order valence-corrected chi connectivity index (χ4v) is 2.50. The van der Waals surface area contributed by atoms with Crippen molar-refractivity contribution in [2.75, 3.05) is 7.11 Å². The molecule has 1 saturated heterocycles. The molecule has 82 valence electrons. The summed E-state index contributed by atoms with van der Waals surface area (Å²) in [4.78, 5) is 23.0. The number of fused-ring (bicyclic) bond motifs is 1. The first kappa shape index (κ1) is 10.2. The molecule has 0 bridgehead atoms. The van der Waals surface area contributed by atoms with Crippen LogP contribution in [-0.2, 0) is 19.1 Å². The molecule has 4 heteroatoms. The van der Waals surface area contributed by atoms with Crippen molar-refractivity contribution in [2.45, 2.75) is 19.4 Å². The van der Waals surface area contributed by atoms with E-state index >= 15 is 0 Å². The summed E-state index contributed by atoms with van der Waals surface area (Å²) < 4.78 is 9.87. The largest absolute Gasteiger partial charge is 0.469 e. The Hall–Kier alpha value is -1.32. The molecule has 4 atom stereocenters. The Morgan fingerprint density at radius 1 is 1.60 bits per heavy atom. The molecule has 0 saturated carbocycles. The van der Waals surface area contributed by atoms with Gasteiger partial charge in [0.15, 0.2) is 0 Å². The van der Waals surface area contributed by atoms with Crippen molar-refractivity contribution in [1.82, 2.24) is 0 Å². The molecule has 1 aliphatic heterocycles. The summed E-state index contributed by atoms with van der Waals surface area (Å²) >= 11 is 0. The van der Waals surface area contributed by atoms with Crippen LogP contribution in [0.3, 0.4) is 0 Å². The van der Waals surface area contributed by atoms with Crippen LogP contribution >= 0.6 is 0 Å². The fourth-order valence-electron chi connectivity index (χ4n) is 2.50. The second-order valence-electron chi connectivity index (χ2n) is 4.04. The molecule has 2 aliphatic rings. The van der Waals surface area contributed by atoms with E-state index < -0.39 is 0 Å². The topological polar surface area (TPSA) is 52.6 Å². The summed E-state index contributed by atoms with van der Waals surface area (Å²) in [5.74, 6) is -1.05. The summed E-state index contributed by atoms with van der Waals surface area (Å²) in [6.45, 7) is 1.83. The van der Waals surface area contributed by atoms with Crippen LogP contribution < -0.4 is 0 Å². The fraction of sp³-hybridized carbons (Fsp3) is 0.636. The molecule has 2 rings (SSSR count). The van der Waals surface area contributed by atoms with Crippen LogP contribution in [0.4, 0.5) is 0 Å². The number of ether oxygens (including phenoxy) is 2. The van der Waals surface area contributed by atoms with Crippen molar-refractivity contribution in [3.8, 4) is 0 Å². The first-order chi connectivity index (χ1) is 7.15. The predicted octanol–water partition coefficient (Wildman–Crippen LogP) is 0.913. The van der Waals surface area contributed by atoms with Crippen molar-refractivity contribution in [3.05, 3.63) is 12.2 Å². The molecule has 4 nitrogen and oxygen atoms in total. The van der Waals surface area contributed by atoms with E-state index in [4.69, 9.17) is 9.47 Å². The van der Waals surface area contributed by atoms with Crippen molar-refractivity contribution in [1.29, 1.82) is 0 Å². The van der Waals surface area contributed by atoms with Crippen LogP contribution in [0.2, 0.25) is 0 Å². The highest BCUT2D eigenvalue weighted by Gasteiger charge is 2.49. The average molecular weight is 210 g/mol. The lowest BCUT2D eigenvalue weighted by atomic mass is 9.75. The molecule has 0 radical (unpaired) electrons. The van der Waals surface area contributed by atoms with Gasteiger partial charge in [0.2, 0.25) is 0 Å². The molecule has 1 fully saturated rings. The van der Waals surface area contributed by atoms with Gasteiger partial charge in [0.25, 0.3) is 0 Å². The molecule has 15 heavy (non-hydrogen) atoms. The first-order valence-corrected chi connectivity index (χ1v) is 5.10. The quantitative estimate of drug-likeness (QED) is 0.477. The maximum absolute atomic E-state index is 11.5. The number of carbonyl (C=O) groups excluding carboxylic acids is 2. The molecule has 1 heterocycles. The molecule has 0 N–H and O–H groups in total. The summed E-state index contributed by atoms with van der Waals surface area (Å²) in [7, 11) is 1.36. The molecule has 0 aromatic rings. The highest BCUT2D eigenvalue weighted by molar-refractivity contribution is 5.81. The lowest BCUT2D eigenvalue weighted by Crippen LogP contribution is -2.34. The van der Waals surface area contributed by atoms with E-state index in [1.165, 1.54) is 7.11 Å². The smallest absolute Gasteiger partial charge is 0.312 e. The summed E-state index contributed by atoms with van der Waals surface area (Å²) in [5.41, 5.74) is 0. The number of hydrogen-bond acceptors (Lipinski definition) is 4. The Bertz CT molecular complexity index is 321. The second kappa shape index (κ2) is 3.68. The lowest BCUT2D eigenvalue weighted by molar-refractivity contribution is -0.146. The van der Waals surface area contributed by atoms with E-state index in [1.54, 1.807) is 0 Å². The molecule has 1 aliphatic carbocycles. The van der Waals surface area contributed by atoms with Gasteiger partial charge in [0, 0.05) is 5.92 Å². The van der Waals surface area contributed by atoms with Gasteiger partial charge in [-0.1, -0.05) is 12.2 Å². The van der Waals surface area contributed by atoms with Crippen LogP contribution in [0.25, 0.3) is 0 Å². The SMILES string of the molecule is COC(=O)C1C=CC[C@@H]2C(=O)O[C@@H](C)[C@H]12. The van der Waals surface area contributed by atoms with Gasteiger partial charge in [0.1, 0.15) is 6.10 Å². The van der Waals surface area contributed by atoms with Crippen LogP contribution in [0.1, 0.15) is 13.3 Å². The highest BCUT2D eigenvalue weighted by Crippen LogP contribution is 2.40. The maximum Gasteiger partial charge on any atom is 0.312 e. The third kappa shape index (κ3) is 1.54. The number of rotatable bonds is 1. The number of carbonyl (C=O) groups is 2. The van der Waals surface area contributed by atoms with E-state index in [1.807, 2.05) is 19.1 Å². The van der Waals surface area contributed by atoms with Gasteiger partial charge in [-0.3, -0.25) is 9.59 Å². The minimum atomic E-state index is -0.338. The molecule has 0 amide bonds. The summed E-state index contributed by atoms with van der Waals surface area (Å²) in [5, 5.41) is 0. The van der Waals surface area contributed by atoms with Gasteiger partial charge in [-0.15, -0.1) is 0 Å². The van der Waals surface area contributed by atoms with E-state index in [-0.39, 0.29) is 35.8 Å². The second-order valence-corrected chi connectivity index (χ2v) is 4.04. The van der Waals surface area contributed by atoms with Gasteiger partial charge in [-0.05, 0) is 13.3 Å². The van der Waals surface area contributed by atoms with Gasteiger partial charge < -0.3 is 9.47 Å². The number of cyclic esters (lactones) is 1. The van der Waals surface area contributed by atoms with Gasteiger partial charge in [0.05, 0.1) is 18.9 Å². The van der Waals surface area contributed by atoms with E-state index in [9.17, 15) is 9.59 Å². The lowest BCUT2D eigenvalue weighted by Gasteiger charge is -2.26. The van der Waals surface area contributed by atoms with E-state index in [0.717, 1.165) is 0 Å². The normalized spacial score (nSPS) is 38.4. The Morgan fingerprint density at radius 3 is 3.00 bits per heavy atom. The number of allylic oxidation sites excluding steroid dienone is 1. The zero-order valence-corrected chi connectivity index (χ0v) is 8.80. The van der Waals surface area contributed by atoms with E-state index in [2.05, 4.69) is 0 Å². The monoisotopic (exact) mass is 210 g/mol. The van der Waals surface area contributed by atoms with Crippen molar-refractivity contribution < 1.29 is 19.1 Å². The summed E-state index contributed by atoms with van der Waals surface area (Å²) in [6, 6.07) is 0.